The zero-order valence-corrected chi connectivity index (χ0v) is 18.8. The van der Waals surface area contributed by atoms with E-state index >= 15 is 0 Å². The van der Waals surface area contributed by atoms with Crippen LogP contribution in [0.1, 0.15) is 34.8 Å². The fourth-order valence-electron chi connectivity index (χ4n) is 2.80. The van der Waals surface area contributed by atoms with E-state index in [1.165, 1.54) is 7.11 Å². The van der Waals surface area contributed by atoms with Gasteiger partial charge in [-0.3, -0.25) is 4.79 Å². The molecule has 0 aliphatic rings. The Labute approximate surface area is 192 Å². The molecule has 166 valence electrons. The van der Waals surface area contributed by atoms with E-state index in [1.807, 2.05) is 55.5 Å². The van der Waals surface area contributed by atoms with E-state index in [0.29, 0.717) is 41.0 Å². The minimum atomic E-state index is -0.350. The van der Waals surface area contributed by atoms with E-state index < -0.39 is 0 Å². The minimum Gasteiger partial charge on any atom is -0.493 e. The Morgan fingerprint density at radius 2 is 1.84 bits per heavy atom. The van der Waals surface area contributed by atoms with Crippen LogP contribution in [0.15, 0.2) is 71.8 Å². The SMILES string of the molecule is CCCOc1ccc(C(=O)N/N=C/c2cccc(OCc3ccc(Cl)cc3)c2)cc1OC. The predicted molar refractivity (Wildman–Crippen MR) is 126 cm³/mol. The number of hydrazone groups is 1. The third kappa shape index (κ3) is 6.75. The van der Waals surface area contributed by atoms with Crippen LogP contribution in [-0.4, -0.2) is 25.8 Å². The van der Waals surface area contributed by atoms with Crippen molar-refractivity contribution in [3.8, 4) is 17.2 Å². The second-order valence-corrected chi connectivity index (χ2v) is 7.34. The lowest BCUT2D eigenvalue weighted by Crippen LogP contribution is -2.17. The van der Waals surface area contributed by atoms with Gasteiger partial charge in [0, 0.05) is 10.6 Å². The third-order valence-corrected chi connectivity index (χ3v) is 4.70. The van der Waals surface area contributed by atoms with Gasteiger partial charge in [0.1, 0.15) is 12.4 Å². The Morgan fingerprint density at radius 1 is 1.03 bits per heavy atom. The second-order valence-electron chi connectivity index (χ2n) is 6.90. The van der Waals surface area contributed by atoms with Gasteiger partial charge in [-0.15, -0.1) is 0 Å². The van der Waals surface area contributed by atoms with Crippen LogP contribution < -0.4 is 19.6 Å². The van der Waals surface area contributed by atoms with Crippen molar-refractivity contribution in [3.05, 3.63) is 88.4 Å². The van der Waals surface area contributed by atoms with Crippen molar-refractivity contribution in [3.63, 3.8) is 0 Å². The summed E-state index contributed by atoms with van der Waals surface area (Å²) in [6, 6.07) is 19.9. The molecule has 0 saturated carbocycles. The van der Waals surface area contributed by atoms with Gasteiger partial charge in [0.2, 0.25) is 0 Å². The molecular weight excluding hydrogens is 428 g/mol. The molecule has 0 unspecified atom stereocenters. The number of carbonyl (C=O) groups excluding carboxylic acids is 1. The maximum Gasteiger partial charge on any atom is 0.271 e. The Hall–Kier alpha value is -3.51. The van der Waals surface area contributed by atoms with Gasteiger partial charge in [-0.05, 0) is 60.0 Å². The van der Waals surface area contributed by atoms with Gasteiger partial charge in [0.15, 0.2) is 11.5 Å². The van der Waals surface area contributed by atoms with Crippen molar-refractivity contribution in [1.82, 2.24) is 5.43 Å². The number of hydrogen-bond acceptors (Lipinski definition) is 5. The largest absolute Gasteiger partial charge is 0.493 e. The molecule has 3 aromatic rings. The summed E-state index contributed by atoms with van der Waals surface area (Å²) < 4.78 is 16.7. The molecule has 6 nitrogen and oxygen atoms in total. The number of methoxy groups -OCH3 is 1. The van der Waals surface area contributed by atoms with Gasteiger partial charge in [-0.1, -0.05) is 42.8 Å². The molecule has 0 radical (unpaired) electrons. The summed E-state index contributed by atoms with van der Waals surface area (Å²) in [6.07, 6.45) is 2.44. The molecule has 0 bridgehead atoms. The zero-order valence-electron chi connectivity index (χ0n) is 18.0. The molecule has 0 spiro atoms. The first-order valence-electron chi connectivity index (χ1n) is 10.2. The summed E-state index contributed by atoms with van der Waals surface area (Å²) in [7, 11) is 1.54. The van der Waals surface area contributed by atoms with Gasteiger partial charge in [-0.2, -0.15) is 5.10 Å². The molecule has 0 fully saturated rings. The molecule has 0 atom stereocenters. The monoisotopic (exact) mass is 452 g/mol. The van der Waals surface area contributed by atoms with Crippen molar-refractivity contribution in [2.45, 2.75) is 20.0 Å². The fraction of sp³-hybridized carbons (Fsp3) is 0.200. The van der Waals surface area contributed by atoms with E-state index in [1.54, 1.807) is 24.4 Å². The van der Waals surface area contributed by atoms with Gasteiger partial charge in [0.05, 0.1) is 19.9 Å². The third-order valence-electron chi connectivity index (χ3n) is 4.44. The molecular formula is C25H25ClN2O4. The lowest BCUT2D eigenvalue weighted by Gasteiger charge is -2.11. The van der Waals surface area contributed by atoms with Crippen molar-refractivity contribution in [1.29, 1.82) is 0 Å². The molecule has 0 saturated heterocycles. The summed E-state index contributed by atoms with van der Waals surface area (Å²) in [5.41, 5.74) is 4.75. The molecule has 32 heavy (non-hydrogen) atoms. The second kappa shape index (κ2) is 11.8. The van der Waals surface area contributed by atoms with E-state index in [9.17, 15) is 4.79 Å². The topological polar surface area (TPSA) is 69.2 Å². The highest BCUT2D eigenvalue weighted by Crippen LogP contribution is 2.28. The standard InChI is InChI=1S/C25H25ClN2O4/c1-3-13-31-23-12-9-20(15-24(23)30-2)25(29)28-27-16-19-5-4-6-22(14-19)32-17-18-7-10-21(26)11-8-18/h4-12,14-16H,3,13,17H2,1-2H3,(H,28,29)/b27-16+. The number of amides is 1. The summed E-state index contributed by atoms with van der Waals surface area (Å²) in [5.74, 6) is 1.45. The van der Waals surface area contributed by atoms with Crippen LogP contribution in [0.3, 0.4) is 0 Å². The van der Waals surface area contributed by atoms with Crippen LogP contribution in [0.2, 0.25) is 5.02 Å². The minimum absolute atomic E-state index is 0.350. The first-order chi connectivity index (χ1) is 15.6. The molecule has 1 amide bonds. The Kier molecular flexibility index (Phi) is 8.52. The van der Waals surface area contributed by atoms with Crippen LogP contribution in [-0.2, 0) is 6.61 Å². The first-order valence-corrected chi connectivity index (χ1v) is 10.6. The first kappa shape index (κ1) is 23.2. The maximum absolute atomic E-state index is 12.4. The number of hydrogen-bond donors (Lipinski definition) is 1. The number of nitrogens with one attached hydrogen (secondary N) is 1. The molecule has 0 heterocycles. The van der Waals surface area contributed by atoms with E-state index in [4.69, 9.17) is 25.8 Å². The number of rotatable bonds is 10. The van der Waals surface area contributed by atoms with Crippen molar-refractivity contribution < 1.29 is 19.0 Å². The van der Waals surface area contributed by atoms with E-state index in [2.05, 4.69) is 10.5 Å². The molecule has 3 rings (SSSR count). The van der Waals surface area contributed by atoms with Gasteiger partial charge in [0.25, 0.3) is 5.91 Å². The molecule has 3 aromatic carbocycles. The highest BCUT2D eigenvalue weighted by molar-refractivity contribution is 6.30. The van der Waals surface area contributed by atoms with Gasteiger partial charge < -0.3 is 14.2 Å². The highest BCUT2D eigenvalue weighted by atomic mass is 35.5. The van der Waals surface area contributed by atoms with E-state index in [-0.39, 0.29) is 5.91 Å². The summed E-state index contributed by atoms with van der Waals surface area (Å²) >= 11 is 5.90. The normalized spacial score (nSPS) is 10.7. The number of benzene rings is 3. The Bertz CT molecular complexity index is 1070. The summed E-state index contributed by atoms with van der Waals surface area (Å²) in [4.78, 5) is 12.4. The molecule has 0 aromatic heterocycles. The maximum atomic E-state index is 12.4. The average molecular weight is 453 g/mol. The van der Waals surface area contributed by atoms with Crippen molar-refractivity contribution in [2.75, 3.05) is 13.7 Å². The fourth-order valence-corrected chi connectivity index (χ4v) is 2.93. The van der Waals surface area contributed by atoms with Crippen LogP contribution >= 0.6 is 11.6 Å². The number of carbonyl (C=O) groups is 1. The lowest BCUT2D eigenvalue weighted by atomic mass is 10.2. The Morgan fingerprint density at radius 3 is 2.59 bits per heavy atom. The highest BCUT2D eigenvalue weighted by Gasteiger charge is 2.10. The Balaban J connectivity index is 1.57. The quantitative estimate of drug-likeness (QED) is 0.326. The summed E-state index contributed by atoms with van der Waals surface area (Å²) in [5, 5.41) is 4.74. The van der Waals surface area contributed by atoms with Gasteiger partial charge in [-0.25, -0.2) is 5.43 Å². The number of ether oxygens (including phenoxy) is 3. The van der Waals surface area contributed by atoms with Crippen LogP contribution in [0.4, 0.5) is 0 Å². The zero-order chi connectivity index (χ0) is 22.8. The number of nitrogens with zero attached hydrogens (tertiary/aromatic N) is 1. The summed E-state index contributed by atoms with van der Waals surface area (Å²) in [6.45, 7) is 3.02. The van der Waals surface area contributed by atoms with Crippen molar-refractivity contribution >= 4 is 23.7 Å². The van der Waals surface area contributed by atoms with Gasteiger partial charge >= 0.3 is 0 Å². The molecule has 0 aliphatic carbocycles. The number of halogens is 1. The molecule has 1 N–H and O–H groups in total. The predicted octanol–water partition coefficient (Wildman–Crippen LogP) is 5.48. The molecule has 7 heteroatoms. The average Bonchev–Trinajstić information content (AvgIpc) is 2.82. The van der Waals surface area contributed by atoms with Crippen LogP contribution in [0.25, 0.3) is 0 Å². The lowest BCUT2D eigenvalue weighted by molar-refractivity contribution is 0.0954. The van der Waals surface area contributed by atoms with Crippen LogP contribution in [0.5, 0.6) is 17.2 Å². The smallest absolute Gasteiger partial charge is 0.271 e. The van der Waals surface area contributed by atoms with Crippen LogP contribution in [0, 0.1) is 0 Å². The van der Waals surface area contributed by atoms with E-state index in [0.717, 1.165) is 17.5 Å². The van der Waals surface area contributed by atoms with Crippen molar-refractivity contribution in [2.24, 2.45) is 5.10 Å². The molecule has 0 aliphatic heterocycles.